The van der Waals surface area contributed by atoms with E-state index in [1.54, 1.807) is 6.07 Å². The van der Waals surface area contributed by atoms with Crippen LogP contribution in [0.4, 0.5) is 8.78 Å². The summed E-state index contributed by atoms with van der Waals surface area (Å²) < 4.78 is 25.9. The fourth-order valence-electron chi connectivity index (χ4n) is 2.14. The van der Waals surface area contributed by atoms with E-state index in [0.717, 1.165) is 17.6 Å². The van der Waals surface area contributed by atoms with Crippen LogP contribution in [0.2, 0.25) is 0 Å². The Kier molecular flexibility index (Phi) is 3.72. The van der Waals surface area contributed by atoms with Gasteiger partial charge in [-0.05, 0) is 42.0 Å². The van der Waals surface area contributed by atoms with E-state index in [-0.39, 0.29) is 0 Å². The molecule has 0 bridgehead atoms. The SMILES string of the molecule is CCCC1C=CC(c2ccc(F)c(F)c2)=CC1. The summed E-state index contributed by atoms with van der Waals surface area (Å²) >= 11 is 0. The van der Waals surface area contributed by atoms with Crippen LogP contribution < -0.4 is 0 Å². The Morgan fingerprint density at radius 3 is 2.65 bits per heavy atom. The number of rotatable bonds is 3. The van der Waals surface area contributed by atoms with Crippen LogP contribution in [0.15, 0.2) is 36.4 Å². The van der Waals surface area contributed by atoms with E-state index in [0.29, 0.717) is 5.92 Å². The van der Waals surface area contributed by atoms with Gasteiger partial charge in [-0.3, -0.25) is 0 Å². The Labute approximate surface area is 101 Å². The molecule has 1 aromatic carbocycles. The summed E-state index contributed by atoms with van der Waals surface area (Å²) in [6.45, 7) is 2.17. The summed E-state index contributed by atoms with van der Waals surface area (Å²) in [5.74, 6) is -0.987. The van der Waals surface area contributed by atoms with Gasteiger partial charge in [0.1, 0.15) is 0 Å². The van der Waals surface area contributed by atoms with E-state index < -0.39 is 11.6 Å². The molecule has 1 atom stereocenters. The number of hydrogen-bond donors (Lipinski definition) is 0. The van der Waals surface area contributed by atoms with E-state index in [9.17, 15) is 8.78 Å². The van der Waals surface area contributed by atoms with Crippen LogP contribution in [0.3, 0.4) is 0 Å². The minimum atomic E-state index is -0.794. The molecule has 0 spiro atoms. The third-order valence-electron chi connectivity index (χ3n) is 3.10. The predicted molar refractivity (Wildman–Crippen MR) is 66.5 cm³/mol. The maximum atomic E-state index is 13.1. The van der Waals surface area contributed by atoms with Crippen LogP contribution in [0, 0.1) is 17.6 Å². The molecule has 0 amide bonds. The Morgan fingerprint density at radius 2 is 2.06 bits per heavy atom. The lowest BCUT2D eigenvalue weighted by atomic mass is 9.90. The standard InChI is InChI=1S/C15H16F2/c1-2-3-11-4-6-12(7-5-11)13-8-9-14(16)15(17)10-13/h4,6-11H,2-3,5H2,1H3. The van der Waals surface area contributed by atoms with Gasteiger partial charge in [-0.15, -0.1) is 0 Å². The quantitative estimate of drug-likeness (QED) is 0.709. The van der Waals surface area contributed by atoms with Crippen molar-refractivity contribution in [1.29, 1.82) is 0 Å². The van der Waals surface area contributed by atoms with Crippen molar-refractivity contribution in [1.82, 2.24) is 0 Å². The summed E-state index contributed by atoms with van der Waals surface area (Å²) in [7, 11) is 0. The van der Waals surface area contributed by atoms with Crippen molar-refractivity contribution in [3.8, 4) is 0 Å². The molecule has 0 radical (unpaired) electrons. The molecular formula is C15H16F2. The largest absolute Gasteiger partial charge is 0.204 e. The summed E-state index contributed by atoms with van der Waals surface area (Å²) in [5, 5.41) is 0. The normalized spacial score (nSPS) is 19.2. The van der Waals surface area contributed by atoms with Gasteiger partial charge in [-0.2, -0.15) is 0 Å². The van der Waals surface area contributed by atoms with Gasteiger partial charge in [0.2, 0.25) is 0 Å². The number of allylic oxidation sites excluding steroid dienone is 4. The molecule has 1 aromatic rings. The Hall–Kier alpha value is -1.44. The van der Waals surface area contributed by atoms with E-state index in [2.05, 4.69) is 19.1 Å². The summed E-state index contributed by atoms with van der Waals surface area (Å²) in [6.07, 6.45) is 9.61. The molecule has 0 aliphatic heterocycles. The summed E-state index contributed by atoms with van der Waals surface area (Å²) in [6, 6.07) is 4.05. The van der Waals surface area contributed by atoms with Crippen molar-refractivity contribution >= 4 is 5.57 Å². The van der Waals surface area contributed by atoms with E-state index in [1.807, 2.05) is 6.08 Å². The van der Waals surface area contributed by atoms with Gasteiger partial charge in [0.15, 0.2) is 11.6 Å². The zero-order chi connectivity index (χ0) is 12.3. The Bertz CT molecular complexity index is 458. The molecule has 1 aliphatic rings. The first kappa shape index (κ1) is 12.0. The molecule has 0 saturated heterocycles. The van der Waals surface area contributed by atoms with Crippen molar-refractivity contribution in [2.75, 3.05) is 0 Å². The molecule has 17 heavy (non-hydrogen) atoms. The van der Waals surface area contributed by atoms with Gasteiger partial charge >= 0.3 is 0 Å². The van der Waals surface area contributed by atoms with E-state index in [4.69, 9.17) is 0 Å². The van der Waals surface area contributed by atoms with Crippen molar-refractivity contribution in [2.24, 2.45) is 5.92 Å². The molecule has 0 nitrogen and oxygen atoms in total. The topological polar surface area (TPSA) is 0 Å². The second-order valence-corrected chi connectivity index (χ2v) is 4.43. The second-order valence-electron chi connectivity index (χ2n) is 4.43. The highest BCUT2D eigenvalue weighted by Crippen LogP contribution is 2.27. The molecule has 2 rings (SSSR count). The van der Waals surface area contributed by atoms with Crippen LogP contribution in [0.1, 0.15) is 31.7 Å². The number of benzene rings is 1. The molecule has 90 valence electrons. The lowest BCUT2D eigenvalue weighted by Gasteiger charge is -2.15. The average molecular weight is 234 g/mol. The van der Waals surface area contributed by atoms with E-state index in [1.165, 1.54) is 25.0 Å². The first-order valence-corrected chi connectivity index (χ1v) is 6.04. The zero-order valence-corrected chi connectivity index (χ0v) is 9.92. The molecule has 0 fully saturated rings. The molecule has 1 unspecified atom stereocenters. The van der Waals surface area contributed by atoms with Crippen molar-refractivity contribution in [2.45, 2.75) is 26.2 Å². The van der Waals surface area contributed by atoms with Crippen LogP contribution in [0.5, 0.6) is 0 Å². The smallest absolute Gasteiger partial charge is 0.159 e. The molecule has 0 N–H and O–H groups in total. The molecule has 0 aromatic heterocycles. The third kappa shape index (κ3) is 2.82. The van der Waals surface area contributed by atoms with Crippen molar-refractivity contribution in [3.63, 3.8) is 0 Å². The highest BCUT2D eigenvalue weighted by molar-refractivity contribution is 5.74. The lowest BCUT2D eigenvalue weighted by molar-refractivity contribution is 0.508. The van der Waals surface area contributed by atoms with Crippen LogP contribution >= 0.6 is 0 Å². The summed E-state index contributed by atoms with van der Waals surface area (Å²) in [5.41, 5.74) is 1.73. The van der Waals surface area contributed by atoms with Crippen LogP contribution in [0.25, 0.3) is 5.57 Å². The maximum absolute atomic E-state index is 13.1. The monoisotopic (exact) mass is 234 g/mol. The van der Waals surface area contributed by atoms with Gasteiger partial charge < -0.3 is 0 Å². The van der Waals surface area contributed by atoms with Gasteiger partial charge in [0, 0.05) is 0 Å². The van der Waals surface area contributed by atoms with Crippen molar-refractivity contribution in [3.05, 3.63) is 53.6 Å². The minimum Gasteiger partial charge on any atom is -0.204 e. The number of halogens is 2. The lowest BCUT2D eigenvalue weighted by Crippen LogP contribution is -1.99. The third-order valence-corrected chi connectivity index (χ3v) is 3.10. The van der Waals surface area contributed by atoms with Gasteiger partial charge in [-0.1, -0.05) is 37.6 Å². The van der Waals surface area contributed by atoms with Crippen LogP contribution in [-0.2, 0) is 0 Å². The minimum absolute atomic E-state index is 0.592. The van der Waals surface area contributed by atoms with Crippen molar-refractivity contribution < 1.29 is 8.78 Å². The number of hydrogen-bond acceptors (Lipinski definition) is 0. The molecule has 1 aliphatic carbocycles. The fraction of sp³-hybridized carbons (Fsp3) is 0.333. The first-order chi connectivity index (χ1) is 8.20. The van der Waals surface area contributed by atoms with Gasteiger partial charge in [0.05, 0.1) is 0 Å². The molecule has 2 heteroatoms. The molecular weight excluding hydrogens is 218 g/mol. The zero-order valence-electron chi connectivity index (χ0n) is 9.92. The predicted octanol–water partition coefficient (Wildman–Crippen LogP) is 4.72. The first-order valence-electron chi connectivity index (χ1n) is 6.04. The molecule has 0 saturated carbocycles. The average Bonchev–Trinajstić information content (AvgIpc) is 2.34. The Morgan fingerprint density at radius 1 is 1.24 bits per heavy atom. The highest BCUT2D eigenvalue weighted by Gasteiger charge is 2.10. The van der Waals surface area contributed by atoms with E-state index >= 15 is 0 Å². The molecule has 0 heterocycles. The Balaban J connectivity index is 2.14. The fourth-order valence-corrected chi connectivity index (χ4v) is 2.14. The highest BCUT2D eigenvalue weighted by atomic mass is 19.2. The van der Waals surface area contributed by atoms with Crippen LogP contribution in [-0.4, -0.2) is 0 Å². The van der Waals surface area contributed by atoms with Gasteiger partial charge in [-0.25, -0.2) is 8.78 Å². The van der Waals surface area contributed by atoms with Gasteiger partial charge in [0.25, 0.3) is 0 Å². The maximum Gasteiger partial charge on any atom is 0.159 e. The second kappa shape index (κ2) is 5.26. The summed E-state index contributed by atoms with van der Waals surface area (Å²) in [4.78, 5) is 0.